The van der Waals surface area contributed by atoms with Gasteiger partial charge in [0, 0.05) is 23.9 Å². The third-order valence-electron chi connectivity index (χ3n) is 5.35. The van der Waals surface area contributed by atoms with Gasteiger partial charge in [0.1, 0.15) is 16.9 Å². The van der Waals surface area contributed by atoms with Crippen molar-refractivity contribution >= 4 is 45.0 Å². The van der Waals surface area contributed by atoms with Gasteiger partial charge in [0.2, 0.25) is 0 Å². The van der Waals surface area contributed by atoms with Crippen LogP contribution < -0.4 is 4.74 Å². The number of thiophene rings is 1. The molecule has 0 N–H and O–H groups in total. The number of carbonyl (C=O) groups excluding carboxylic acids is 1. The summed E-state index contributed by atoms with van der Waals surface area (Å²) in [5.41, 5.74) is 3.52. The Morgan fingerprint density at radius 3 is 2.71 bits per heavy atom. The Morgan fingerprint density at radius 1 is 1.06 bits per heavy atom. The first-order valence-electron chi connectivity index (χ1n) is 10.7. The highest BCUT2D eigenvalue weighted by atomic mass is 32.1. The van der Waals surface area contributed by atoms with Crippen LogP contribution in [0.15, 0.2) is 48.0 Å². The van der Waals surface area contributed by atoms with Crippen molar-refractivity contribution in [1.29, 1.82) is 0 Å². The van der Waals surface area contributed by atoms with Crippen molar-refractivity contribution in [3.05, 3.63) is 58.7 Å². The molecule has 6 nitrogen and oxygen atoms in total. The van der Waals surface area contributed by atoms with E-state index in [4.69, 9.17) is 14.7 Å². The molecule has 5 rings (SSSR count). The van der Waals surface area contributed by atoms with Crippen molar-refractivity contribution in [3.8, 4) is 5.75 Å². The number of fused-ring (bicyclic) bond motifs is 5. The van der Waals surface area contributed by atoms with E-state index < -0.39 is 0 Å². The average Bonchev–Trinajstić information content (AvgIpc) is 3.47. The van der Waals surface area contributed by atoms with Crippen LogP contribution in [0.5, 0.6) is 5.75 Å². The summed E-state index contributed by atoms with van der Waals surface area (Å²) < 4.78 is 10.0. The van der Waals surface area contributed by atoms with E-state index in [0.29, 0.717) is 18.7 Å². The molecular weight excluding hydrogens is 408 g/mol. The van der Waals surface area contributed by atoms with Crippen LogP contribution in [0.2, 0.25) is 0 Å². The number of esters is 1. The van der Waals surface area contributed by atoms with E-state index in [1.54, 1.807) is 11.3 Å². The van der Waals surface area contributed by atoms with E-state index in [9.17, 15) is 4.79 Å². The molecule has 0 amide bonds. The largest absolute Gasteiger partial charge is 0.424 e. The maximum atomic E-state index is 12.4. The molecule has 4 heterocycles. The van der Waals surface area contributed by atoms with Crippen LogP contribution in [0.3, 0.4) is 0 Å². The van der Waals surface area contributed by atoms with Crippen LogP contribution in [-0.4, -0.2) is 24.9 Å². The Kier molecular flexibility index (Phi) is 5.19. The number of benzene rings is 1. The monoisotopic (exact) mass is 432 g/mol. The zero-order valence-corrected chi connectivity index (χ0v) is 18.5. The fraction of sp³-hybridized carbons (Fsp3) is 0.292. The van der Waals surface area contributed by atoms with E-state index in [2.05, 4.69) is 33.4 Å². The third kappa shape index (κ3) is 3.49. The van der Waals surface area contributed by atoms with Gasteiger partial charge in [0.25, 0.3) is 0 Å². The van der Waals surface area contributed by atoms with E-state index in [1.165, 1.54) is 4.88 Å². The lowest BCUT2D eigenvalue weighted by Gasteiger charge is -2.08. The minimum atomic E-state index is -0.232. The average molecular weight is 433 g/mol. The van der Waals surface area contributed by atoms with Crippen molar-refractivity contribution in [2.24, 2.45) is 0 Å². The lowest BCUT2D eigenvalue weighted by atomic mass is 10.2. The van der Waals surface area contributed by atoms with Crippen molar-refractivity contribution in [2.75, 3.05) is 0 Å². The Balaban J connectivity index is 1.81. The molecule has 1 aromatic carbocycles. The van der Waals surface area contributed by atoms with Gasteiger partial charge in [-0.2, -0.15) is 0 Å². The quantitative estimate of drug-likeness (QED) is 0.314. The highest BCUT2D eigenvalue weighted by molar-refractivity contribution is 7.09. The normalized spacial score (nSPS) is 11.7. The molecule has 0 aliphatic heterocycles. The number of aryl methyl sites for hydroxylation is 1. The molecule has 0 saturated heterocycles. The highest BCUT2D eigenvalue weighted by Gasteiger charge is 2.22. The molecule has 0 saturated carbocycles. The van der Waals surface area contributed by atoms with Crippen LogP contribution in [0.25, 0.3) is 27.7 Å². The first kappa shape index (κ1) is 19.8. The Morgan fingerprint density at radius 2 is 1.94 bits per heavy atom. The van der Waals surface area contributed by atoms with Crippen molar-refractivity contribution in [1.82, 2.24) is 18.9 Å². The van der Waals surface area contributed by atoms with Crippen molar-refractivity contribution in [3.63, 3.8) is 0 Å². The number of hydrogen-bond acceptors (Lipinski definition) is 5. The van der Waals surface area contributed by atoms with Gasteiger partial charge in [-0.05, 0) is 36.4 Å². The minimum Gasteiger partial charge on any atom is -0.424 e. The van der Waals surface area contributed by atoms with Gasteiger partial charge in [0.05, 0.1) is 17.6 Å². The number of imidazole rings is 1. The van der Waals surface area contributed by atoms with Gasteiger partial charge >= 0.3 is 5.97 Å². The minimum absolute atomic E-state index is 0.232. The maximum Gasteiger partial charge on any atom is 0.311 e. The van der Waals surface area contributed by atoms with Crippen molar-refractivity contribution in [2.45, 2.75) is 46.1 Å². The Bertz CT molecular complexity index is 1380. The number of nitrogens with zero attached hydrogens (tertiary/aromatic N) is 4. The molecule has 0 fully saturated rings. The van der Waals surface area contributed by atoms with E-state index in [-0.39, 0.29) is 5.97 Å². The van der Waals surface area contributed by atoms with E-state index >= 15 is 0 Å². The molecule has 0 unspecified atom stereocenters. The van der Waals surface area contributed by atoms with Gasteiger partial charge in [-0.1, -0.05) is 32.0 Å². The summed E-state index contributed by atoms with van der Waals surface area (Å²) in [5, 5.41) is 2.86. The smallest absolute Gasteiger partial charge is 0.311 e. The van der Waals surface area contributed by atoms with Crippen LogP contribution >= 0.6 is 11.3 Å². The SMILES string of the molecule is CCCC(=O)Oc1cn(Cc2cccs2)c2nc(CCC)n3c4ccccc4nc3c12. The molecule has 0 bridgehead atoms. The molecular formula is C24H24N4O2S. The molecule has 0 spiro atoms. The number of para-hydroxylation sites is 2. The second-order valence-electron chi connectivity index (χ2n) is 7.66. The lowest BCUT2D eigenvalue weighted by molar-refractivity contribution is -0.134. The number of carbonyl (C=O) groups is 1. The number of aromatic nitrogens is 4. The predicted molar refractivity (Wildman–Crippen MR) is 124 cm³/mol. The molecule has 0 radical (unpaired) electrons. The molecule has 31 heavy (non-hydrogen) atoms. The van der Waals surface area contributed by atoms with Crippen LogP contribution in [0.1, 0.15) is 43.8 Å². The number of rotatable bonds is 7. The Labute approximate surface area is 184 Å². The molecule has 7 heteroatoms. The summed E-state index contributed by atoms with van der Waals surface area (Å²) in [4.78, 5) is 23.6. The standard InChI is InChI=1S/C24H24N4O2S/c1-3-8-20-26-23-22(24-25-17-11-5-6-12-18(17)28(20)24)19(30-21(29)9-4-2)15-27(23)14-16-10-7-13-31-16/h5-7,10-13,15H,3-4,8-9,14H2,1-2H3. The zero-order chi connectivity index (χ0) is 21.4. The fourth-order valence-corrected chi connectivity index (χ4v) is 4.72. The van der Waals surface area contributed by atoms with Crippen LogP contribution in [0.4, 0.5) is 0 Å². The second-order valence-corrected chi connectivity index (χ2v) is 8.69. The summed E-state index contributed by atoms with van der Waals surface area (Å²) in [7, 11) is 0. The maximum absolute atomic E-state index is 12.4. The molecule has 0 atom stereocenters. The first-order chi connectivity index (χ1) is 15.2. The molecule has 0 aliphatic rings. The van der Waals surface area contributed by atoms with Crippen LogP contribution in [-0.2, 0) is 17.8 Å². The zero-order valence-electron chi connectivity index (χ0n) is 17.7. The van der Waals surface area contributed by atoms with Crippen LogP contribution in [0, 0.1) is 0 Å². The van der Waals surface area contributed by atoms with Crippen molar-refractivity contribution < 1.29 is 9.53 Å². The third-order valence-corrected chi connectivity index (χ3v) is 6.21. The Hall–Kier alpha value is -3.19. The number of hydrogen-bond donors (Lipinski definition) is 0. The summed E-state index contributed by atoms with van der Waals surface area (Å²) in [6.45, 7) is 4.80. The summed E-state index contributed by atoms with van der Waals surface area (Å²) in [6.07, 6.45) is 4.84. The fourth-order valence-electron chi connectivity index (χ4n) is 4.02. The van der Waals surface area contributed by atoms with Gasteiger partial charge in [-0.15, -0.1) is 11.3 Å². The summed E-state index contributed by atoms with van der Waals surface area (Å²) >= 11 is 1.70. The van der Waals surface area contributed by atoms with Gasteiger partial charge < -0.3 is 9.30 Å². The molecule has 158 valence electrons. The van der Waals surface area contributed by atoms with Gasteiger partial charge in [-0.25, -0.2) is 9.97 Å². The molecule has 4 aromatic heterocycles. The van der Waals surface area contributed by atoms with E-state index in [1.807, 2.05) is 37.4 Å². The van der Waals surface area contributed by atoms with Gasteiger partial charge in [-0.3, -0.25) is 9.20 Å². The predicted octanol–water partition coefficient (Wildman–Crippen LogP) is 5.61. The van der Waals surface area contributed by atoms with Gasteiger partial charge in [0.15, 0.2) is 11.4 Å². The number of ether oxygens (including phenoxy) is 1. The summed E-state index contributed by atoms with van der Waals surface area (Å²) in [5.74, 6) is 1.26. The van der Waals surface area contributed by atoms with E-state index in [0.717, 1.165) is 52.8 Å². The first-order valence-corrected chi connectivity index (χ1v) is 11.6. The highest BCUT2D eigenvalue weighted by Crippen LogP contribution is 2.34. The topological polar surface area (TPSA) is 61.4 Å². The lowest BCUT2D eigenvalue weighted by Crippen LogP contribution is -2.07. The molecule has 5 aromatic rings. The summed E-state index contributed by atoms with van der Waals surface area (Å²) in [6, 6.07) is 12.2. The second kappa shape index (κ2) is 8.15. The molecule has 0 aliphatic carbocycles.